The normalized spacial score (nSPS) is 12.7. The second-order valence-electron chi connectivity index (χ2n) is 6.40. The van der Waals surface area contributed by atoms with Gasteiger partial charge in [-0.25, -0.2) is 4.79 Å². The van der Waals surface area contributed by atoms with Gasteiger partial charge in [0.25, 0.3) is 0 Å². The number of nitrogens with zero attached hydrogens (tertiary/aromatic N) is 1. The van der Waals surface area contributed by atoms with E-state index in [1.54, 1.807) is 6.92 Å². The third-order valence-corrected chi connectivity index (χ3v) is 4.40. The molecule has 1 atom stereocenters. The molecule has 0 amide bonds. The van der Waals surface area contributed by atoms with Crippen molar-refractivity contribution in [3.05, 3.63) is 82.9 Å². The largest absolute Gasteiger partial charge is 0.464 e. The molecule has 2 rings (SSSR count). The van der Waals surface area contributed by atoms with Crippen LogP contribution < -0.4 is 0 Å². The van der Waals surface area contributed by atoms with Crippen molar-refractivity contribution in [3.63, 3.8) is 0 Å². The molecule has 0 heterocycles. The summed E-state index contributed by atoms with van der Waals surface area (Å²) in [5.41, 5.74) is 4.43. The number of carbonyl (C=O) groups excluding carboxylic acids is 1. The predicted octanol–water partition coefficient (Wildman–Crippen LogP) is 4.17. The molecule has 1 unspecified atom stereocenters. The zero-order valence-electron chi connectivity index (χ0n) is 16.2. The molecule has 0 aliphatic rings. The Bertz CT molecular complexity index is 753. The average Bonchev–Trinajstić information content (AvgIpc) is 2.71. The van der Waals surface area contributed by atoms with Gasteiger partial charge in [-0.1, -0.05) is 66.2 Å². The van der Waals surface area contributed by atoms with E-state index in [4.69, 9.17) is 9.73 Å². The third-order valence-electron chi connectivity index (χ3n) is 4.40. The highest BCUT2D eigenvalue weighted by Gasteiger charge is 2.22. The maximum atomic E-state index is 12.6. The zero-order valence-corrected chi connectivity index (χ0v) is 16.2. The van der Waals surface area contributed by atoms with Crippen LogP contribution in [0.1, 0.15) is 38.3 Å². The molecule has 4 nitrogen and oxygen atoms in total. The zero-order chi connectivity index (χ0) is 19.6. The number of rotatable bonds is 8. The first kappa shape index (κ1) is 20.6. The summed E-state index contributed by atoms with van der Waals surface area (Å²) in [6.45, 7) is 5.83. The Balaban J connectivity index is 2.51. The molecule has 0 aliphatic heterocycles. The Morgan fingerprint density at radius 1 is 0.963 bits per heavy atom. The number of hydrogen-bond donors (Lipinski definition) is 1. The third kappa shape index (κ3) is 5.90. The van der Waals surface area contributed by atoms with Crippen LogP contribution in [0.2, 0.25) is 0 Å². The van der Waals surface area contributed by atoms with Crippen LogP contribution in [0.5, 0.6) is 0 Å². The molecule has 0 aromatic heterocycles. The number of aliphatic hydroxyl groups is 1. The Morgan fingerprint density at radius 2 is 1.48 bits per heavy atom. The Hall–Kier alpha value is -2.72. The minimum absolute atomic E-state index is 0.0324. The first-order chi connectivity index (χ1) is 13.1. The number of aliphatic imine (C=N–C) groups is 1. The van der Waals surface area contributed by atoms with Gasteiger partial charge < -0.3 is 9.84 Å². The predicted molar refractivity (Wildman–Crippen MR) is 109 cm³/mol. The number of benzene rings is 2. The first-order valence-electron chi connectivity index (χ1n) is 9.18. The van der Waals surface area contributed by atoms with Crippen LogP contribution in [0.3, 0.4) is 0 Å². The Labute approximate surface area is 161 Å². The molecule has 0 bridgehead atoms. The Kier molecular flexibility index (Phi) is 7.96. The number of hydrogen-bond acceptors (Lipinski definition) is 4. The van der Waals surface area contributed by atoms with Crippen LogP contribution in [0.25, 0.3) is 0 Å². The topological polar surface area (TPSA) is 58.9 Å². The lowest BCUT2D eigenvalue weighted by atomic mass is 10.00. The molecule has 4 heteroatoms. The van der Waals surface area contributed by atoms with Gasteiger partial charge in [-0.15, -0.1) is 0 Å². The van der Waals surface area contributed by atoms with E-state index in [-0.39, 0.29) is 12.6 Å². The number of carbonyl (C=O) groups is 1. The molecule has 2 aromatic rings. The van der Waals surface area contributed by atoms with E-state index in [0.717, 1.165) is 28.0 Å². The number of ether oxygens (including phenoxy) is 1. The smallest absolute Gasteiger partial charge is 0.331 e. The van der Waals surface area contributed by atoms with E-state index in [2.05, 4.69) is 0 Å². The first-order valence-corrected chi connectivity index (χ1v) is 9.18. The van der Waals surface area contributed by atoms with Gasteiger partial charge in [-0.05, 0) is 26.3 Å². The molecule has 0 radical (unpaired) electrons. The molecule has 0 spiro atoms. The fourth-order valence-electron chi connectivity index (χ4n) is 2.68. The molecule has 142 valence electrons. The lowest BCUT2D eigenvalue weighted by Crippen LogP contribution is -2.24. The summed E-state index contributed by atoms with van der Waals surface area (Å²) < 4.78 is 5.26. The number of aliphatic hydroxyl groups excluding tert-OH is 1. The highest BCUT2D eigenvalue weighted by Crippen LogP contribution is 2.18. The molecular formula is C23H27NO3. The molecule has 0 aliphatic carbocycles. The maximum Gasteiger partial charge on any atom is 0.331 e. The minimum atomic E-state index is -0.665. The summed E-state index contributed by atoms with van der Waals surface area (Å²) in [5, 5.41) is 9.39. The average molecular weight is 365 g/mol. The lowest BCUT2D eigenvalue weighted by Gasteiger charge is -2.16. The van der Waals surface area contributed by atoms with Gasteiger partial charge in [0.1, 0.15) is 0 Å². The summed E-state index contributed by atoms with van der Waals surface area (Å²) in [6.07, 6.45) is 0.411. The van der Waals surface area contributed by atoms with E-state index in [1.165, 1.54) is 0 Å². The molecule has 0 saturated heterocycles. The van der Waals surface area contributed by atoms with Crippen molar-refractivity contribution in [2.24, 2.45) is 4.99 Å². The van der Waals surface area contributed by atoms with Crippen molar-refractivity contribution in [1.82, 2.24) is 0 Å². The summed E-state index contributed by atoms with van der Waals surface area (Å²) >= 11 is 0. The molecule has 1 N–H and O–H groups in total. The van der Waals surface area contributed by atoms with Crippen LogP contribution in [-0.4, -0.2) is 36.0 Å². The van der Waals surface area contributed by atoms with Crippen LogP contribution in [0.15, 0.2) is 76.8 Å². The van der Waals surface area contributed by atoms with Gasteiger partial charge in [0.15, 0.2) is 6.04 Å². The fourth-order valence-corrected chi connectivity index (χ4v) is 2.68. The lowest BCUT2D eigenvalue weighted by molar-refractivity contribution is -0.144. The van der Waals surface area contributed by atoms with Crippen LogP contribution in [-0.2, 0) is 9.53 Å². The molecule has 2 aromatic carbocycles. The van der Waals surface area contributed by atoms with Crippen LogP contribution in [0, 0.1) is 0 Å². The molecular weight excluding hydrogens is 338 g/mol. The second kappa shape index (κ2) is 10.4. The fraction of sp³-hybridized carbons (Fsp3) is 0.304. The summed E-state index contributed by atoms with van der Waals surface area (Å²) in [7, 11) is 0. The quantitative estimate of drug-likeness (QED) is 0.434. The van der Waals surface area contributed by atoms with Gasteiger partial charge in [0.05, 0.1) is 18.9 Å². The van der Waals surface area contributed by atoms with E-state index < -0.39 is 6.04 Å². The summed E-state index contributed by atoms with van der Waals surface area (Å²) in [6, 6.07) is 19.0. The van der Waals surface area contributed by atoms with Crippen molar-refractivity contribution >= 4 is 11.7 Å². The Morgan fingerprint density at radius 3 is 1.93 bits per heavy atom. The van der Waals surface area contributed by atoms with Gasteiger partial charge in [0, 0.05) is 17.5 Å². The maximum absolute atomic E-state index is 12.6. The van der Waals surface area contributed by atoms with Crippen molar-refractivity contribution in [3.8, 4) is 0 Å². The van der Waals surface area contributed by atoms with Crippen molar-refractivity contribution < 1.29 is 14.6 Å². The summed E-state index contributed by atoms with van der Waals surface area (Å²) in [4.78, 5) is 17.4. The summed E-state index contributed by atoms with van der Waals surface area (Å²) in [5.74, 6) is -0.355. The molecule has 0 saturated carbocycles. The molecule has 27 heavy (non-hydrogen) atoms. The van der Waals surface area contributed by atoms with E-state index >= 15 is 0 Å². The monoisotopic (exact) mass is 365 g/mol. The van der Waals surface area contributed by atoms with Gasteiger partial charge >= 0.3 is 5.97 Å². The standard InChI is InChI=1S/C23H27NO3/c1-4-27-23(26)21(15-17(2)18(3)16-25)24-22(19-11-7-5-8-12-19)20-13-9-6-10-14-20/h5-14,21,25H,4,15-16H2,1-3H3/b18-17-. The van der Waals surface area contributed by atoms with Crippen LogP contribution >= 0.6 is 0 Å². The van der Waals surface area contributed by atoms with Gasteiger partial charge in [0.2, 0.25) is 0 Å². The SMILES string of the molecule is CCOC(=O)C(C/C(C)=C(/C)CO)N=C(c1ccccc1)c1ccccc1. The number of esters is 1. The van der Waals surface area contributed by atoms with E-state index in [9.17, 15) is 9.90 Å². The second-order valence-corrected chi connectivity index (χ2v) is 6.40. The van der Waals surface area contributed by atoms with Gasteiger partial charge in [-0.3, -0.25) is 4.99 Å². The minimum Gasteiger partial charge on any atom is -0.464 e. The highest BCUT2D eigenvalue weighted by molar-refractivity contribution is 6.13. The van der Waals surface area contributed by atoms with Gasteiger partial charge in [-0.2, -0.15) is 0 Å². The van der Waals surface area contributed by atoms with Crippen molar-refractivity contribution in [2.75, 3.05) is 13.2 Å². The van der Waals surface area contributed by atoms with Crippen LogP contribution in [0.4, 0.5) is 0 Å². The van der Waals surface area contributed by atoms with E-state index in [0.29, 0.717) is 13.0 Å². The highest BCUT2D eigenvalue weighted by atomic mass is 16.5. The molecule has 0 fully saturated rings. The van der Waals surface area contributed by atoms with E-state index in [1.807, 2.05) is 74.5 Å². The van der Waals surface area contributed by atoms with Crippen molar-refractivity contribution in [2.45, 2.75) is 33.2 Å². The van der Waals surface area contributed by atoms with Crippen molar-refractivity contribution in [1.29, 1.82) is 0 Å².